The molecule has 0 saturated carbocycles. The highest BCUT2D eigenvalue weighted by molar-refractivity contribution is 7.99. The predicted octanol–water partition coefficient (Wildman–Crippen LogP) is 2.25. The first-order valence-corrected chi connectivity index (χ1v) is 11.7. The summed E-state index contributed by atoms with van der Waals surface area (Å²) in [4.78, 5) is 17.1. The van der Waals surface area contributed by atoms with Crippen LogP contribution in [-0.2, 0) is 10.0 Å². The van der Waals surface area contributed by atoms with Crippen LogP contribution in [0.2, 0.25) is 0 Å². The number of anilines is 1. The lowest BCUT2D eigenvalue weighted by Crippen LogP contribution is -2.24. The van der Waals surface area contributed by atoms with Crippen LogP contribution in [0.5, 0.6) is 0 Å². The summed E-state index contributed by atoms with van der Waals surface area (Å²) < 4.78 is 25.5. The molecule has 0 aliphatic carbocycles. The molecule has 27 heavy (non-hydrogen) atoms. The van der Waals surface area contributed by atoms with Crippen molar-refractivity contribution in [3.63, 3.8) is 0 Å². The van der Waals surface area contributed by atoms with E-state index in [1.807, 2.05) is 13.0 Å². The largest absolute Gasteiger partial charge is 0.350 e. The fraction of sp³-hybridized carbons (Fsp3) is 0.312. The van der Waals surface area contributed by atoms with Crippen LogP contribution >= 0.6 is 23.1 Å². The number of carbonyl (C=O) groups is 1. The van der Waals surface area contributed by atoms with Crippen LogP contribution < -0.4 is 9.62 Å². The molecule has 3 aromatic rings. The number of benzene rings is 1. The summed E-state index contributed by atoms with van der Waals surface area (Å²) in [5.41, 5.74) is 0.563. The summed E-state index contributed by atoms with van der Waals surface area (Å²) in [6.45, 7) is 2.33. The van der Waals surface area contributed by atoms with Gasteiger partial charge in [0.25, 0.3) is 5.91 Å². The number of hydrogen-bond acceptors (Lipinski definition) is 7. The number of aromatic amines is 1. The Morgan fingerprint density at radius 2 is 2.15 bits per heavy atom. The molecule has 0 saturated heterocycles. The van der Waals surface area contributed by atoms with Crippen molar-refractivity contribution in [2.75, 3.05) is 29.9 Å². The van der Waals surface area contributed by atoms with E-state index >= 15 is 0 Å². The second-order valence-electron chi connectivity index (χ2n) is 5.87. The highest BCUT2D eigenvalue weighted by Gasteiger charge is 2.15. The molecule has 0 fully saturated rings. The Balaban J connectivity index is 1.63. The van der Waals surface area contributed by atoms with Crippen molar-refractivity contribution in [2.45, 2.75) is 12.1 Å². The maximum absolute atomic E-state index is 12.4. The third-order valence-electron chi connectivity index (χ3n) is 3.78. The van der Waals surface area contributed by atoms with Gasteiger partial charge in [0.2, 0.25) is 15.2 Å². The number of nitrogens with one attached hydrogen (secondary N) is 2. The predicted molar refractivity (Wildman–Crippen MR) is 109 cm³/mol. The number of aromatic nitrogens is 3. The van der Waals surface area contributed by atoms with Crippen molar-refractivity contribution < 1.29 is 13.2 Å². The average Bonchev–Trinajstić information content (AvgIpc) is 3.22. The number of H-pyrrole nitrogens is 1. The van der Waals surface area contributed by atoms with Gasteiger partial charge in [-0.15, -0.1) is 16.4 Å². The van der Waals surface area contributed by atoms with Crippen LogP contribution in [0, 0.1) is 6.92 Å². The number of thiophene rings is 1. The van der Waals surface area contributed by atoms with Crippen LogP contribution in [0.15, 0.2) is 29.4 Å². The van der Waals surface area contributed by atoms with Gasteiger partial charge in [0, 0.05) is 24.0 Å². The number of rotatable bonds is 7. The van der Waals surface area contributed by atoms with Gasteiger partial charge in [0.05, 0.1) is 16.8 Å². The van der Waals surface area contributed by atoms with Crippen LogP contribution in [0.4, 0.5) is 5.69 Å². The monoisotopic (exact) mass is 425 g/mol. The summed E-state index contributed by atoms with van der Waals surface area (Å²) in [5.74, 6) is 1.27. The van der Waals surface area contributed by atoms with Crippen LogP contribution in [-0.4, -0.2) is 55.1 Å². The molecule has 2 heterocycles. The van der Waals surface area contributed by atoms with E-state index in [2.05, 4.69) is 20.5 Å². The molecule has 0 bridgehead atoms. The first-order valence-electron chi connectivity index (χ1n) is 8.01. The smallest absolute Gasteiger partial charge is 0.261 e. The van der Waals surface area contributed by atoms with Gasteiger partial charge in [-0.3, -0.25) is 14.2 Å². The minimum absolute atomic E-state index is 0.152. The van der Waals surface area contributed by atoms with Gasteiger partial charge in [-0.25, -0.2) is 13.4 Å². The lowest BCUT2D eigenvalue weighted by atomic mass is 10.2. The average molecular weight is 426 g/mol. The summed E-state index contributed by atoms with van der Waals surface area (Å²) in [5, 5.41) is 11.2. The van der Waals surface area contributed by atoms with E-state index in [0.717, 1.165) is 22.2 Å². The number of carbonyl (C=O) groups excluding carboxylic acids is 1. The van der Waals surface area contributed by atoms with Crippen molar-refractivity contribution in [1.82, 2.24) is 20.5 Å². The van der Waals surface area contributed by atoms with Gasteiger partial charge in [0.15, 0.2) is 0 Å². The molecule has 2 aromatic heterocycles. The number of fused-ring (bicyclic) bond motifs is 1. The Bertz CT molecular complexity index is 1070. The Hall–Kier alpha value is -2.11. The number of hydrogen-bond donors (Lipinski definition) is 2. The Morgan fingerprint density at radius 1 is 1.37 bits per heavy atom. The first-order chi connectivity index (χ1) is 12.7. The number of amides is 1. The number of aryl methyl sites for hydroxylation is 1. The molecule has 0 spiro atoms. The van der Waals surface area contributed by atoms with Gasteiger partial charge >= 0.3 is 0 Å². The molecule has 8 nitrogen and oxygen atoms in total. The van der Waals surface area contributed by atoms with Crippen molar-refractivity contribution in [2.24, 2.45) is 0 Å². The lowest BCUT2D eigenvalue weighted by molar-refractivity contribution is 0.0960. The Kier molecular flexibility index (Phi) is 5.72. The maximum Gasteiger partial charge on any atom is 0.261 e. The van der Waals surface area contributed by atoms with E-state index in [4.69, 9.17) is 0 Å². The SMILES string of the molecule is Cc1nc(SCCNC(=O)c2cc3cc(N(C)S(C)(=O)=O)ccc3s2)n[nH]1. The molecule has 1 amide bonds. The second kappa shape index (κ2) is 7.87. The maximum atomic E-state index is 12.4. The van der Waals surface area contributed by atoms with Crippen LogP contribution in [0.1, 0.15) is 15.5 Å². The summed E-state index contributed by atoms with van der Waals surface area (Å²) in [6, 6.07) is 7.11. The van der Waals surface area contributed by atoms with Crippen molar-refractivity contribution in [3.8, 4) is 0 Å². The van der Waals surface area contributed by atoms with Crippen molar-refractivity contribution in [1.29, 1.82) is 0 Å². The fourth-order valence-corrected chi connectivity index (χ4v) is 4.47. The van der Waals surface area contributed by atoms with E-state index in [9.17, 15) is 13.2 Å². The highest BCUT2D eigenvalue weighted by atomic mass is 32.2. The van der Waals surface area contributed by atoms with Gasteiger partial charge in [0.1, 0.15) is 5.82 Å². The summed E-state index contributed by atoms with van der Waals surface area (Å²) in [6.07, 6.45) is 1.15. The molecule has 144 valence electrons. The zero-order valence-corrected chi connectivity index (χ0v) is 17.5. The summed E-state index contributed by atoms with van der Waals surface area (Å²) in [7, 11) is -1.82. The molecule has 2 N–H and O–H groups in total. The zero-order valence-electron chi connectivity index (χ0n) is 15.0. The van der Waals surface area contributed by atoms with Crippen molar-refractivity contribution >= 4 is 54.8 Å². The molecule has 0 unspecified atom stereocenters. The molecule has 3 rings (SSSR count). The topological polar surface area (TPSA) is 108 Å². The summed E-state index contributed by atoms with van der Waals surface area (Å²) >= 11 is 2.84. The normalized spacial score (nSPS) is 11.7. The second-order valence-corrected chi connectivity index (χ2v) is 10.0. The van der Waals surface area contributed by atoms with E-state index in [-0.39, 0.29) is 5.91 Å². The minimum atomic E-state index is -3.33. The quantitative estimate of drug-likeness (QED) is 0.444. The van der Waals surface area contributed by atoms with Gasteiger partial charge in [-0.1, -0.05) is 11.8 Å². The molecular formula is C16H19N5O3S3. The fourth-order valence-electron chi connectivity index (χ4n) is 2.31. The standard InChI is InChI=1S/C16H19N5O3S3/c1-10-18-16(20-19-10)25-7-6-17-15(22)14-9-11-8-12(4-5-13(11)26-14)21(2)27(3,23)24/h4-5,8-9H,6-7H2,1-3H3,(H,17,22)(H,18,19,20). The zero-order chi connectivity index (χ0) is 19.6. The molecule has 0 atom stereocenters. The molecule has 0 radical (unpaired) electrons. The Morgan fingerprint density at radius 3 is 2.81 bits per heavy atom. The molecule has 11 heteroatoms. The van der Waals surface area contributed by atoms with Gasteiger partial charge < -0.3 is 5.32 Å². The molecule has 1 aromatic carbocycles. The number of sulfonamides is 1. The lowest BCUT2D eigenvalue weighted by Gasteiger charge is -2.16. The van der Waals surface area contributed by atoms with E-state index in [1.54, 1.807) is 18.2 Å². The molecule has 0 aliphatic rings. The van der Waals surface area contributed by atoms with Crippen LogP contribution in [0.25, 0.3) is 10.1 Å². The highest BCUT2D eigenvalue weighted by Crippen LogP contribution is 2.29. The first kappa shape index (κ1) is 19.6. The molecular weight excluding hydrogens is 406 g/mol. The third kappa shape index (κ3) is 4.79. The minimum Gasteiger partial charge on any atom is -0.350 e. The van der Waals surface area contributed by atoms with Crippen LogP contribution in [0.3, 0.4) is 0 Å². The van der Waals surface area contributed by atoms with Crippen molar-refractivity contribution in [3.05, 3.63) is 35.0 Å². The molecule has 0 aliphatic heterocycles. The van der Waals surface area contributed by atoms with Gasteiger partial charge in [-0.2, -0.15) is 0 Å². The van der Waals surface area contributed by atoms with Gasteiger partial charge in [-0.05, 0) is 36.6 Å². The van der Waals surface area contributed by atoms with E-state index in [0.29, 0.717) is 28.0 Å². The third-order valence-corrected chi connectivity index (χ3v) is 6.95. The Labute approximate surface area is 165 Å². The van der Waals surface area contributed by atoms with E-state index in [1.165, 1.54) is 34.5 Å². The number of thioether (sulfide) groups is 1. The number of nitrogens with zero attached hydrogens (tertiary/aromatic N) is 3. The van der Waals surface area contributed by atoms with E-state index < -0.39 is 10.0 Å².